The van der Waals surface area contributed by atoms with Gasteiger partial charge in [-0.25, -0.2) is 4.98 Å². The summed E-state index contributed by atoms with van der Waals surface area (Å²) >= 11 is 0. The minimum Gasteiger partial charge on any atom is -0.478 e. The van der Waals surface area contributed by atoms with Crippen molar-refractivity contribution in [2.45, 2.75) is 26.4 Å². The number of anilines is 1. The van der Waals surface area contributed by atoms with Crippen LogP contribution in [0.1, 0.15) is 20.3 Å². The molecule has 3 aromatic rings. The third kappa shape index (κ3) is 4.58. The normalized spacial score (nSPS) is 11.1. The van der Waals surface area contributed by atoms with Gasteiger partial charge >= 0.3 is 6.18 Å². The molecule has 0 saturated heterocycles. The minimum absolute atomic E-state index is 0.116. The lowest BCUT2D eigenvalue weighted by Crippen LogP contribution is -2.20. The lowest BCUT2D eigenvalue weighted by molar-refractivity contribution is -0.153. The zero-order valence-electron chi connectivity index (χ0n) is 13.9. The van der Waals surface area contributed by atoms with Gasteiger partial charge in [-0.1, -0.05) is 20.3 Å². The van der Waals surface area contributed by atoms with Crippen LogP contribution in [0.5, 0.6) is 5.75 Å². The van der Waals surface area contributed by atoms with E-state index in [1.165, 1.54) is 29.7 Å². The molecule has 3 rings (SSSR count). The highest BCUT2D eigenvalue weighted by Gasteiger charge is 2.30. The predicted molar refractivity (Wildman–Crippen MR) is 85.4 cm³/mol. The number of hydrogen-bond donors (Lipinski definition) is 2. The largest absolute Gasteiger partial charge is 0.478 e. The van der Waals surface area contributed by atoms with E-state index >= 15 is 0 Å². The average Bonchev–Trinajstić information content (AvgIpc) is 3.21. The molecule has 0 atom stereocenters. The van der Waals surface area contributed by atoms with Crippen LogP contribution in [0.4, 0.5) is 19.1 Å². The van der Waals surface area contributed by atoms with Crippen molar-refractivity contribution in [1.82, 2.24) is 29.8 Å². The van der Waals surface area contributed by atoms with Gasteiger partial charge in [0, 0.05) is 18.8 Å². The van der Waals surface area contributed by atoms with Crippen LogP contribution in [0.15, 0.2) is 18.7 Å². The van der Waals surface area contributed by atoms with Gasteiger partial charge in [-0.15, -0.1) is 5.10 Å². The summed E-state index contributed by atoms with van der Waals surface area (Å²) in [6.45, 7) is 2.79. The summed E-state index contributed by atoms with van der Waals surface area (Å²) in [5, 5.41) is 13.0. The third-order valence-electron chi connectivity index (χ3n) is 2.72. The Morgan fingerprint density at radius 2 is 2.04 bits per heavy atom. The molecule has 2 N–H and O–H groups in total. The van der Waals surface area contributed by atoms with E-state index in [2.05, 4.69) is 44.4 Å². The predicted octanol–water partition coefficient (Wildman–Crippen LogP) is 2.91. The van der Waals surface area contributed by atoms with Gasteiger partial charge in [0.05, 0.1) is 6.20 Å². The number of alkyl halides is 3. The maximum atomic E-state index is 12.5. The fourth-order valence-corrected chi connectivity index (χ4v) is 1.81. The van der Waals surface area contributed by atoms with E-state index in [0.29, 0.717) is 5.56 Å². The molecule has 136 valence electrons. The number of fused-ring (bicyclic) bond motifs is 1. The minimum atomic E-state index is -4.48. The first-order valence-corrected chi connectivity index (χ1v) is 7.51. The van der Waals surface area contributed by atoms with Crippen LogP contribution in [-0.4, -0.2) is 49.6 Å². The van der Waals surface area contributed by atoms with Crippen LogP contribution in [-0.2, 0) is 0 Å². The summed E-state index contributed by atoms with van der Waals surface area (Å²) in [7, 11) is 1.59. The van der Waals surface area contributed by atoms with Crippen LogP contribution in [0.2, 0.25) is 0 Å². The second-order valence-corrected chi connectivity index (χ2v) is 4.97. The molecule has 11 heteroatoms. The first-order chi connectivity index (χ1) is 11.9. The highest BCUT2D eigenvalue weighted by atomic mass is 19.4. The SMILES string of the molecule is CCC.CNc1nc2c(OCC(F)(F)F)c(-c3cn[nH]c3)ncn2n1. The maximum absolute atomic E-state index is 12.5. The number of aromatic amines is 1. The van der Waals surface area contributed by atoms with E-state index in [-0.39, 0.29) is 23.0 Å². The van der Waals surface area contributed by atoms with Crippen LogP contribution in [0, 0.1) is 0 Å². The lowest BCUT2D eigenvalue weighted by Gasteiger charge is -2.12. The average molecular weight is 357 g/mol. The summed E-state index contributed by atoms with van der Waals surface area (Å²) in [6.07, 6.45) is 1.03. The van der Waals surface area contributed by atoms with Crippen molar-refractivity contribution in [1.29, 1.82) is 0 Å². The van der Waals surface area contributed by atoms with Gasteiger partial charge in [-0.3, -0.25) is 5.10 Å². The number of hydrogen-bond acceptors (Lipinski definition) is 6. The molecule has 3 aromatic heterocycles. The summed E-state index contributed by atoms with van der Waals surface area (Å²) in [5.41, 5.74) is 0.800. The second kappa shape index (κ2) is 7.81. The van der Waals surface area contributed by atoms with E-state index < -0.39 is 12.8 Å². The highest BCUT2D eigenvalue weighted by molar-refractivity contribution is 5.73. The summed E-state index contributed by atoms with van der Waals surface area (Å²) < 4.78 is 43.6. The number of nitrogens with zero attached hydrogens (tertiary/aromatic N) is 5. The molecule has 25 heavy (non-hydrogen) atoms. The van der Waals surface area contributed by atoms with E-state index in [0.717, 1.165) is 0 Å². The van der Waals surface area contributed by atoms with Crippen molar-refractivity contribution in [2.24, 2.45) is 0 Å². The standard InChI is InChI=1S/C11H10F3N7O.C3H8/c1-15-10-19-9-8(22-4-11(12,13)14)7(6-2-17-18-3-6)16-5-21(9)20-10;1-3-2/h2-3,5H,4H2,1H3,(H,15,20)(H,17,18);3H2,1-2H3. The number of aromatic nitrogens is 6. The van der Waals surface area contributed by atoms with Gasteiger partial charge < -0.3 is 10.1 Å². The summed E-state index contributed by atoms with van der Waals surface area (Å²) in [4.78, 5) is 8.16. The van der Waals surface area contributed by atoms with Crippen LogP contribution in [0.25, 0.3) is 16.9 Å². The molecule has 0 amide bonds. The highest BCUT2D eigenvalue weighted by Crippen LogP contribution is 2.32. The second-order valence-electron chi connectivity index (χ2n) is 4.97. The Hall–Kier alpha value is -2.85. The zero-order chi connectivity index (χ0) is 18.4. The van der Waals surface area contributed by atoms with Gasteiger partial charge in [0.1, 0.15) is 12.0 Å². The topological polar surface area (TPSA) is 93.0 Å². The fraction of sp³-hybridized carbons (Fsp3) is 0.429. The summed E-state index contributed by atoms with van der Waals surface area (Å²) in [6, 6.07) is 0. The van der Waals surface area contributed by atoms with E-state index in [4.69, 9.17) is 4.74 Å². The van der Waals surface area contributed by atoms with Gasteiger partial charge in [-0.2, -0.15) is 27.8 Å². The summed E-state index contributed by atoms with van der Waals surface area (Å²) in [5.74, 6) is 0.123. The fourth-order valence-electron chi connectivity index (χ4n) is 1.81. The van der Waals surface area contributed by atoms with Crippen LogP contribution in [0.3, 0.4) is 0 Å². The van der Waals surface area contributed by atoms with Gasteiger partial charge in [-0.05, 0) is 0 Å². The Labute approximate surface area is 141 Å². The number of ether oxygens (including phenoxy) is 1. The Kier molecular flexibility index (Phi) is 5.78. The lowest BCUT2D eigenvalue weighted by atomic mass is 10.2. The van der Waals surface area contributed by atoms with Crippen molar-refractivity contribution >= 4 is 11.6 Å². The van der Waals surface area contributed by atoms with E-state index in [1.54, 1.807) is 7.05 Å². The molecule has 0 radical (unpaired) electrons. The smallest absolute Gasteiger partial charge is 0.422 e. The number of nitrogens with one attached hydrogen (secondary N) is 2. The van der Waals surface area contributed by atoms with Gasteiger partial charge in [0.2, 0.25) is 11.6 Å². The maximum Gasteiger partial charge on any atom is 0.422 e. The molecule has 0 unspecified atom stereocenters. The zero-order valence-corrected chi connectivity index (χ0v) is 13.9. The van der Waals surface area contributed by atoms with Crippen LogP contribution >= 0.6 is 0 Å². The molecular formula is C14H18F3N7O. The molecule has 3 heterocycles. The monoisotopic (exact) mass is 357 g/mol. The third-order valence-corrected chi connectivity index (χ3v) is 2.72. The molecule has 0 spiro atoms. The number of H-pyrrole nitrogens is 1. The molecule has 0 aliphatic carbocycles. The molecule has 0 saturated carbocycles. The first-order valence-electron chi connectivity index (χ1n) is 7.51. The van der Waals surface area contributed by atoms with Gasteiger partial charge in [0.15, 0.2) is 12.4 Å². The molecule has 0 fully saturated rings. The molecular weight excluding hydrogens is 339 g/mol. The van der Waals surface area contributed by atoms with Crippen molar-refractivity contribution in [3.05, 3.63) is 18.7 Å². The Morgan fingerprint density at radius 1 is 1.32 bits per heavy atom. The Morgan fingerprint density at radius 3 is 2.60 bits per heavy atom. The quantitative estimate of drug-likeness (QED) is 0.746. The van der Waals surface area contributed by atoms with Crippen molar-refractivity contribution in [3.63, 3.8) is 0 Å². The first kappa shape index (κ1) is 18.5. The van der Waals surface area contributed by atoms with E-state index in [9.17, 15) is 13.2 Å². The van der Waals surface area contributed by atoms with Crippen molar-refractivity contribution in [3.8, 4) is 17.0 Å². The number of halogens is 3. The van der Waals surface area contributed by atoms with Crippen molar-refractivity contribution in [2.75, 3.05) is 19.0 Å². The Balaban J connectivity index is 0.000000701. The number of rotatable bonds is 4. The Bertz CT molecular complexity index is 799. The molecule has 0 aliphatic rings. The van der Waals surface area contributed by atoms with Gasteiger partial charge in [0.25, 0.3) is 0 Å². The molecule has 0 aliphatic heterocycles. The van der Waals surface area contributed by atoms with Crippen LogP contribution < -0.4 is 10.1 Å². The van der Waals surface area contributed by atoms with E-state index in [1.807, 2.05) is 0 Å². The molecule has 0 aromatic carbocycles. The van der Waals surface area contributed by atoms with Crippen molar-refractivity contribution < 1.29 is 17.9 Å². The molecule has 8 nitrogen and oxygen atoms in total. The molecule has 0 bridgehead atoms.